The van der Waals surface area contributed by atoms with Gasteiger partial charge in [-0.3, -0.25) is 0 Å². The van der Waals surface area contributed by atoms with E-state index in [1.54, 1.807) is 25.2 Å². The molecule has 0 spiro atoms. The van der Waals surface area contributed by atoms with Crippen molar-refractivity contribution in [3.05, 3.63) is 64.7 Å². The van der Waals surface area contributed by atoms with Crippen molar-refractivity contribution in [2.75, 3.05) is 7.05 Å². The SMILES string of the molecule is CNCc1cc(F)cc(OCc2cccc(C#N)c2F)c1. The molecule has 0 heterocycles. The van der Waals surface area contributed by atoms with Crippen molar-refractivity contribution in [2.24, 2.45) is 0 Å². The predicted octanol–water partition coefficient (Wildman–Crippen LogP) is 3.13. The highest BCUT2D eigenvalue weighted by Gasteiger charge is 2.09. The van der Waals surface area contributed by atoms with Gasteiger partial charge in [-0.05, 0) is 30.8 Å². The van der Waals surface area contributed by atoms with E-state index in [2.05, 4.69) is 5.32 Å². The van der Waals surface area contributed by atoms with Gasteiger partial charge < -0.3 is 10.1 Å². The van der Waals surface area contributed by atoms with Gasteiger partial charge in [-0.25, -0.2) is 8.78 Å². The third-order valence-corrected chi connectivity index (χ3v) is 2.91. The van der Waals surface area contributed by atoms with Gasteiger partial charge in [0.05, 0.1) is 5.56 Å². The summed E-state index contributed by atoms with van der Waals surface area (Å²) in [6, 6.07) is 10.6. The molecule has 0 saturated heterocycles. The monoisotopic (exact) mass is 288 g/mol. The zero-order chi connectivity index (χ0) is 15.2. The second-order valence-electron chi connectivity index (χ2n) is 4.50. The van der Waals surface area contributed by atoms with E-state index in [1.165, 1.54) is 24.3 Å². The summed E-state index contributed by atoms with van der Waals surface area (Å²) in [5.41, 5.74) is 0.957. The molecule has 2 rings (SSSR count). The van der Waals surface area contributed by atoms with Crippen LogP contribution in [-0.2, 0) is 13.2 Å². The molecule has 1 N–H and O–H groups in total. The maximum absolute atomic E-state index is 13.9. The molecule has 0 aliphatic heterocycles. The number of nitrogens with zero attached hydrogens (tertiary/aromatic N) is 1. The molecule has 0 fully saturated rings. The van der Waals surface area contributed by atoms with Crippen LogP contribution < -0.4 is 10.1 Å². The molecule has 0 aromatic heterocycles. The summed E-state index contributed by atoms with van der Waals surface area (Å²) in [5, 5.41) is 11.7. The molecule has 2 aromatic carbocycles. The van der Waals surface area contributed by atoms with E-state index in [9.17, 15) is 8.78 Å². The quantitative estimate of drug-likeness (QED) is 0.919. The summed E-state index contributed by atoms with van der Waals surface area (Å²) < 4.78 is 32.7. The van der Waals surface area contributed by atoms with E-state index >= 15 is 0 Å². The zero-order valence-electron chi connectivity index (χ0n) is 11.5. The number of benzene rings is 2. The number of nitriles is 1. The summed E-state index contributed by atoms with van der Waals surface area (Å²) >= 11 is 0. The standard InChI is InChI=1S/C16H14F2N2O/c1-20-9-11-5-14(17)7-15(6-11)21-10-13-4-2-3-12(8-19)16(13)18/h2-7,20H,9-10H2,1H3. The molecule has 0 bridgehead atoms. The topological polar surface area (TPSA) is 45.0 Å². The summed E-state index contributed by atoms with van der Waals surface area (Å²) in [5.74, 6) is -0.696. The Morgan fingerprint density at radius 1 is 1.24 bits per heavy atom. The maximum atomic E-state index is 13.9. The fourth-order valence-electron chi connectivity index (χ4n) is 1.95. The molecule has 21 heavy (non-hydrogen) atoms. The van der Waals surface area contributed by atoms with Crippen LogP contribution in [0.1, 0.15) is 16.7 Å². The Labute approximate surface area is 121 Å². The van der Waals surface area contributed by atoms with Gasteiger partial charge in [0.2, 0.25) is 0 Å². The first-order valence-corrected chi connectivity index (χ1v) is 6.38. The van der Waals surface area contributed by atoms with Crippen molar-refractivity contribution < 1.29 is 13.5 Å². The average Bonchev–Trinajstić information content (AvgIpc) is 2.46. The van der Waals surface area contributed by atoms with E-state index in [1.807, 2.05) is 0 Å². The van der Waals surface area contributed by atoms with Crippen molar-refractivity contribution >= 4 is 0 Å². The minimum absolute atomic E-state index is 0.0359. The molecule has 2 aromatic rings. The van der Waals surface area contributed by atoms with Crippen LogP contribution in [0, 0.1) is 23.0 Å². The van der Waals surface area contributed by atoms with Crippen LogP contribution in [0.3, 0.4) is 0 Å². The van der Waals surface area contributed by atoms with Crippen LogP contribution in [0.2, 0.25) is 0 Å². The molecule has 5 heteroatoms. The van der Waals surface area contributed by atoms with E-state index in [0.717, 1.165) is 5.56 Å². The Hall–Kier alpha value is -2.45. The van der Waals surface area contributed by atoms with Gasteiger partial charge in [0.15, 0.2) is 0 Å². The number of rotatable bonds is 5. The van der Waals surface area contributed by atoms with Gasteiger partial charge >= 0.3 is 0 Å². The molecule has 3 nitrogen and oxygen atoms in total. The van der Waals surface area contributed by atoms with Crippen LogP contribution in [0.4, 0.5) is 8.78 Å². The van der Waals surface area contributed by atoms with Crippen molar-refractivity contribution in [1.82, 2.24) is 5.32 Å². The summed E-state index contributed by atoms with van der Waals surface area (Å²) in [6.45, 7) is 0.441. The Morgan fingerprint density at radius 2 is 2.05 bits per heavy atom. The predicted molar refractivity (Wildman–Crippen MR) is 74.6 cm³/mol. The Balaban J connectivity index is 2.15. The third-order valence-electron chi connectivity index (χ3n) is 2.91. The van der Waals surface area contributed by atoms with E-state index in [4.69, 9.17) is 10.00 Å². The lowest BCUT2D eigenvalue weighted by Gasteiger charge is -2.10. The van der Waals surface area contributed by atoms with E-state index in [0.29, 0.717) is 12.3 Å². The van der Waals surface area contributed by atoms with Crippen molar-refractivity contribution in [1.29, 1.82) is 5.26 Å². The third kappa shape index (κ3) is 3.77. The van der Waals surface area contributed by atoms with Crippen molar-refractivity contribution in [3.63, 3.8) is 0 Å². The Bertz CT molecular complexity index is 680. The highest BCUT2D eigenvalue weighted by molar-refractivity contribution is 5.35. The highest BCUT2D eigenvalue weighted by Crippen LogP contribution is 2.19. The van der Waals surface area contributed by atoms with E-state index < -0.39 is 11.6 Å². The van der Waals surface area contributed by atoms with Gasteiger partial charge in [0, 0.05) is 18.2 Å². The summed E-state index contributed by atoms with van der Waals surface area (Å²) in [6.07, 6.45) is 0. The second kappa shape index (κ2) is 6.82. The molecule has 0 saturated carbocycles. The van der Waals surface area contributed by atoms with Crippen LogP contribution in [0.25, 0.3) is 0 Å². The number of ether oxygens (including phenoxy) is 1. The van der Waals surface area contributed by atoms with Gasteiger partial charge in [0.1, 0.15) is 30.1 Å². The first-order chi connectivity index (χ1) is 10.1. The molecule has 0 aliphatic rings. The number of halogens is 2. The second-order valence-corrected chi connectivity index (χ2v) is 4.50. The van der Waals surface area contributed by atoms with Gasteiger partial charge in [-0.2, -0.15) is 5.26 Å². The zero-order valence-corrected chi connectivity index (χ0v) is 11.5. The summed E-state index contributed by atoms with van der Waals surface area (Å²) in [4.78, 5) is 0. The van der Waals surface area contributed by atoms with Gasteiger partial charge in [-0.15, -0.1) is 0 Å². The molecular formula is C16H14F2N2O. The Kier molecular flexibility index (Phi) is 4.85. The maximum Gasteiger partial charge on any atom is 0.147 e. The lowest BCUT2D eigenvalue weighted by molar-refractivity contribution is 0.298. The van der Waals surface area contributed by atoms with E-state index in [-0.39, 0.29) is 17.7 Å². The first kappa shape index (κ1) is 14.9. The lowest BCUT2D eigenvalue weighted by Crippen LogP contribution is -2.06. The fraction of sp³-hybridized carbons (Fsp3) is 0.188. The van der Waals surface area contributed by atoms with Crippen molar-refractivity contribution in [2.45, 2.75) is 13.2 Å². The fourth-order valence-corrected chi connectivity index (χ4v) is 1.95. The molecule has 0 unspecified atom stereocenters. The highest BCUT2D eigenvalue weighted by atomic mass is 19.1. The number of nitrogens with one attached hydrogen (secondary N) is 1. The summed E-state index contributed by atoms with van der Waals surface area (Å²) in [7, 11) is 1.76. The minimum Gasteiger partial charge on any atom is -0.489 e. The van der Waals surface area contributed by atoms with Crippen molar-refractivity contribution in [3.8, 4) is 11.8 Å². The Morgan fingerprint density at radius 3 is 2.76 bits per heavy atom. The first-order valence-electron chi connectivity index (χ1n) is 6.38. The molecule has 0 atom stereocenters. The molecule has 108 valence electrons. The average molecular weight is 288 g/mol. The van der Waals surface area contributed by atoms with Crippen LogP contribution in [-0.4, -0.2) is 7.05 Å². The molecule has 0 aliphatic carbocycles. The van der Waals surface area contributed by atoms with Crippen LogP contribution in [0.5, 0.6) is 5.75 Å². The van der Waals surface area contributed by atoms with Gasteiger partial charge in [0.25, 0.3) is 0 Å². The van der Waals surface area contributed by atoms with Gasteiger partial charge in [-0.1, -0.05) is 12.1 Å². The lowest BCUT2D eigenvalue weighted by atomic mass is 10.1. The van der Waals surface area contributed by atoms with Crippen LogP contribution in [0.15, 0.2) is 36.4 Å². The largest absolute Gasteiger partial charge is 0.489 e. The minimum atomic E-state index is -0.605. The number of hydrogen-bond acceptors (Lipinski definition) is 3. The number of hydrogen-bond donors (Lipinski definition) is 1. The molecule has 0 amide bonds. The smallest absolute Gasteiger partial charge is 0.147 e. The molecule has 0 radical (unpaired) electrons. The normalized spacial score (nSPS) is 10.2. The van der Waals surface area contributed by atoms with Crippen LogP contribution >= 0.6 is 0 Å². The molecular weight excluding hydrogens is 274 g/mol.